The Labute approximate surface area is 195 Å². The monoisotopic (exact) mass is 448 g/mol. The van der Waals surface area contributed by atoms with Gasteiger partial charge in [-0.1, -0.05) is 54.1 Å². The molecule has 174 valence electrons. The third-order valence-electron chi connectivity index (χ3n) is 6.91. The summed E-state index contributed by atoms with van der Waals surface area (Å²) in [6, 6.07) is 15.4. The fraction of sp³-hybridized carbons (Fsp3) is 0.423. The lowest BCUT2D eigenvalue weighted by atomic mass is 9.91. The van der Waals surface area contributed by atoms with Crippen LogP contribution < -0.4 is 10.6 Å². The fourth-order valence-corrected chi connectivity index (χ4v) is 4.56. The minimum atomic E-state index is -1.18. The minimum absolute atomic E-state index is 0.267. The first-order valence-electron chi connectivity index (χ1n) is 11.4. The van der Waals surface area contributed by atoms with E-state index in [1.54, 1.807) is 6.92 Å². The number of aryl methyl sites for hydroxylation is 1. The molecule has 2 aromatic rings. The van der Waals surface area contributed by atoms with E-state index in [1.807, 2.05) is 31.2 Å². The van der Waals surface area contributed by atoms with Crippen LogP contribution in [0.25, 0.3) is 0 Å². The Bertz CT molecular complexity index is 1080. The number of rotatable bonds is 6. The number of benzene rings is 2. The molecule has 0 aromatic heterocycles. The normalized spacial score (nSPS) is 21.0. The molecule has 4 amide bonds. The van der Waals surface area contributed by atoms with Crippen molar-refractivity contribution < 1.29 is 14.4 Å². The Morgan fingerprint density at radius 1 is 1.09 bits per heavy atom. The lowest BCUT2D eigenvalue weighted by molar-refractivity contribution is -0.135. The number of carbonyl (C=O) groups is 3. The Kier molecular flexibility index (Phi) is 6.01. The second kappa shape index (κ2) is 8.63. The van der Waals surface area contributed by atoms with Gasteiger partial charge in [0.1, 0.15) is 12.1 Å². The van der Waals surface area contributed by atoms with E-state index in [9.17, 15) is 14.4 Å². The zero-order valence-electron chi connectivity index (χ0n) is 19.8. The Morgan fingerprint density at radius 3 is 2.45 bits per heavy atom. The maximum atomic E-state index is 13.1. The van der Waals surface area contributed by atoms with E-state index >= 15 is 0 Å². The first-order chi connectivity index (χ1) is 15.6. The van der Waals surface area contributed by atoms with E-state index in [4.69, 9.17) is 0 Å². The van der Waals surface area contributed by atoms with Gasteiger partial charge in [-0.25, -0.2) is 4.79 Å². The van der Waals surface area contributed by atoms with Crippen molar-refractivity contribution in [3.05, 3.63) is 70.8 Å². The molecule has 2 heterocycles. The average Bonchev–Trinajstić information content (AvgIpc) is 3.01. The lowest BCUT2D eigenvalue weighted by Crippen LogP contribution is -2.54. The highest BCUT2D eigenvalue weighted by Crippen LogP contribution is 2.29. The number of hydrogen-bond acceptors (Lipinski definition) is 4. The summed E-state index contributed by atoms with van der Waals surface area (Å²) >= 11 is 0. The summed E-state index contributed by atoms with van der Waals surface area (Å²) in [7, 11) is 0. The molecule has 0 radical (unpaired) electrons. The molecule has 33 heavy (non-hydrogen) atoms. The van der Waals surface area contributed by atoms with E-state index in [2.05, 4.69) is 53.6 Å². The van der Waals surface area contributed by atoms with Gasteiger partial charge in [0.25, 0.3) is 5.91 Å². The van der Waals surface area contributed by atoms with E-state index in [0.29, 0.717) is 12.1 Å². The average molecular weight is 449 g/mol. The molecule has 7 heteroatoms. The highest BCUT2D eigenvalue weighted by molar-refractivity contribution is 6.09. The molecule has 2 N–H and O–H groups in total. The lowest BCUT2D eigenvalue weighted by Gasteiger charge is -2.41. The number of nitrogens with zero attached hydrogens (tertiary/aromatic N) is 2. The smallest absolute Gasteiger partial charge is 0.325 e. The molecule has 0 bridgehead atoms. The third-order valence-corrected chi connectivity index (χ3v) is 6.91. The summed E-state index contributed by atoms with van der Waals surface area (Å²) < 4.78 is 0. The van der Waals surface area contributed by atoms with Gasteiger partial charge >= 0.3 is 6.03 Å². The molecule has 1 atom stereocenters. The van der Waals surface area contributed by atoms with Crippen LogP contribution in [-0.2, 0) is 28.1 Å². The molecule has 4 rings (SSSR count). The van der Waals surface area contributed by atoms with Crippen LogP contribution in [0.3, 0.4) is 0 Å². The fourth-order valence-electron chi connectivity index (χ4n) is 4.56. The van der Waals surface area contributed by atoms with Crippen LogP contribution in [0, 0.1) is 6.92 Å². The number of carbonyl (C=O) groups excluding carboxylic acids is 3. The highest BCUT2D eigenvalue weighted by atomic mass is 16.2. The van der Waals surface area contributed by atoms with E-state index in [-0.39, 0.29) is 18.0 Å². The van der Waals surface area contributed by atoms with Crippen molar-refractivity contribution in [2.24, 2.45) is 0 Å². The van der Waals surface area contributed by atoms with Gasteiger partial charge < -0.3 is 10.6 Å². The number of hydrogen-bond donors (Lipinski definition) is 2. The summed E-state index contributed by atoms with van der Waals surface area (Å²) in [4.78, 5) is 41.7. The second-order valence-corrected chi connectivity index (χ2v) is 9.84. The van der Waals surface area contributed by atoms with Crippen molar-refractivity contribution in [2.75, 3.05) is 19.6 Å². The van der Waals surface area contributed by atoms with Crippen molar-refractivity contribution in [1.82, 2.24) is 20.4 Å². The molecule has 1 saturated heterocycles. The number of nitrogens with one attached hydrogen (secondary N) is 2. The minimum Gasteiger partial charge on any atom is -0.353 e. The SMILES string of the molecule is Cc1ccc(C2(C)NC(=O)N(CC(=O)NCC(C)(C)N3CCc4ccccc4C3)C2=O)cc1. The number of amides is 4. The van der Waals surface area contributed by atoms with E-state index in [1.165, 1.54) is 11.1 Å². The first kappa shape index (κ1) is 23.0. The molecule has 2 aliphatic heterocycles. The largest absolute Gasteiger partial charge is 0.353 e. The molecule has 2 aliphatic rings. The number of urea groups is 1. The van der Waals surface area contributed by atoms with Gasteiger partial charge in [-0.05, 0) is 50.8 Å². The van der Waals surface area contributed by atoms with Gasteiger partial charge in [-0.15, -0.1) is 0 Å². The summed E-state index contributed by atoms with van der Waals surface area (Å²) in [5.41, 5.74) is 3.01. The molecule has 0 spiro atoms. The van der Waals surface area contributed by atoms with Crippen LogP contribution in [0.2, 0.25) is 0 Å². The molecular formula is C26H32N4O3. The van der Waals surface area contributed by atoms with Crippen molar-refractivity contribution in [1.29, 1.82) is 0 Å². The molecule has 2 aromatic carbocycles. The van der Waals surface area contributed by atoms with Gasteiger partial charge in [-0.3, -0.25) is 19.4 Å². The van der Waals surface area contributed by atoms with Crippen LogP contribution in [0.1, 0.15) is 43.0 Å². The number of fused-ring (bicyclic) bond motifs is 1. The van der Waals surface area contributed by atoms with Gasteiger partial charge in [0, 0.05) is 25.2 Å². The maximum Gasteiger partial charge on any atom is 0.325 e. The first-order valence-corrected chi connectivity index (χ1v) is 11.4. The van der Waals surface area contributed by atoms with E-state index in [0.717, 1.165) is 30.0 Å². The van der Waals surface area contributed by atoms with Gasteiger partial charge in [0.15, 0.2) is 0 Å². The van der Waals surface area contributed by atoms with Crippen molar-refractivity contribution in [3.63, 3.8) is 0 Å². The van der Waals surface area contributed by atoms with Crippen LogP contribution >= 0.6 is 0 Å². The van der Waals surface area contributed by atoms with Crippen LogP contribution in [0.5, 0.6) is 0 Å². The van der Waals surface area contributed by atoms with Crippen LogP contribution in [0.15, 0.2) is 48.5 Å². The summed E-state index contributed by atoms with van der Waals surface area (Å²) in [6.45, 7) is 9.71. The molecule has 0 saturated carbocycles. The quantitative estimate of drug-likeness (QED) is 0.666. The molecule has 7 nitrogen and oxygen atoms in total. The summed E-state index contributed by atoms with van der Waals surface area (Å²) in [5.74, 6) is -0.768. The standard InChI is InChI=1S/C26H32N4O3/c1-18-9-11-21(12-10-18)26(4)23(32)30(24(33)28-26)16-22(31)27-17-25(2,3)29-14-13-19-7-5-6-8-20(19)15-29/h5-12H,13-17H2,1-4H3,(H,27,31)(H,28,33). The zero-order chi connectivity index (χ0) is 23.8. The van der Waals surface area contributed by atoms with E-state index < -0.39 is 17.5 Å². The topological polar surface area (TPSA) is 81.8 Å². The second-order valence-electron chi connectivity index (χ2n) is 9.84. The number of imide groups is 1. The summed E-state index contributed by atoms with van der Waals surface area (Å²) in [6.07, 6.45) is 0.980. The molecular weight excluding hydrogens is 416 g/mol. The highest BCUT2D eigenvalue weighted by Gasteiger charge is 2.49. The van der Waals surface area contributed by atoms with Crippen molar-refractivity contribution in [3.8, 4) is 0 Å². The molecule has 1 fully saturated rings. The summed E-state index contributed by atoms with van der Waals surface area (Å²) in [5, 5.41) is 5.69. The zero-order valence-corrected chi connectivity index (χ0v) is 19.8. The van der Waals surface area contributed by atoms with Gasteiger partial charge in [-0.2, -0.15) is 0 Å². The molecule has 0 aliphatic carbocycles. The predicted molar refractivity (Wildman–Crippen MR) is 126 cm³/mol. The Morgan fingerprint density at radius 2 is 1.76 bits per heavy atom. The van der Waals surface area contributed by atoms with Crippen molar-refractivity contribution >= 4 is 17.8 Å². The van der Waals surface area contributed by atoms with Gasteiger partial charge in [0.05, 0.1) is 0 Å². The molecule has 1 unspecified atom stereocenters. The third kappa shape index (κ3) is 4.50. The van der Waals surface area contributed by atoms with Crippen LogP contribution in [0.4, 0.5) is 4.79 Å². The maximum absolute atomic E-state index is 13.1. The van der Waals surface area contributed by atoms with Crippen molar-refractivity contribution in [2.45, 2.75) is 51.7 Å². The van der Waals surface area contributed by atoms with Gasteiger partial charge in [0.2, 0.25) is 5.91 Å². The Balaban J connectivity index is 1.36. The van der Waals surface area contributed by atoms with Crippen LogP contribution in [-0.4, -0.2) is 52.8 Å². The Hall–Kier alpha value is -3.19. The predicted octanol–water partition coefficient (Wildman–Crippen LogP) is 2.72.